The minimum Gasteiger partial charge on any atom is -0.296 e. The van der Waals surface area contributed by atoms with Crippen molar-refractivity contribution in [1.82, 2.24) is 19.2 Å². The molecule has 0 atom stereocenters. The average Bonchev–Trinajstić information content (AvgIpc) is 3.75. The number of rotatable bonds is 6. The molecule has 9 aromatic rings. The molecule has 0 radical (unpaired) electrons. The Hall–Kier alpha value is -6.26. The summed E-state index contributed by atoms with van der Waals surface area (Å²) < 4.78 is 4.42. The predicted molar refractivity (Wildman–Crippen MR) is 198 cm³/mol. The van der Waals surface area contributed by atoms with Crippen molar-refractivity contribution in [3.8, 4) is 50.5 Å². The zero-order chi connectivity index (χ0) is 32.0. The Morgan fingerprint density at radius 1 is 0.542 bits per heavy atom. The number of imidazole rings is 1. The SMILES string of the molecule is CCc1nc2ccccc2n1-c1ccc(-c2ccc(-c3c(-c4ccccc4)nn4c(-c5ccccc5)cc5ccccc5c34)cc2)cc1. The lowest BCUT2D eigenvalue weighted by atomic mass is 9.95. The van der Waals surface area contributed by atoms with Gasteiger partial charge in [0.05, 0.1) is 22.2 Å². The molecule has 9 rings (SSSR count). The van der Waals surface area contributed by atoms with Gasteiger partial charge in [-0.3, -0.25) is 4.57 Å². The van der Waals surface area contributed by atoms with Gasteiger partial charge in [0.25, 0.3) is 0 Å². The Morgan fingerprint density at radius 3 is 1.88 bits per heavy atom. The van der Waals surface area contributed by atoms with Gasteiger partial charge in [0.1, 0.15) is 11.5 Å². The summed E-state index contributed by atoms with van der Waals surface area (Å²) >= 11 is 0. The monoisotopic (exact) mass is 616 g/mol. The standard InChI is InChI=1S/C44H32N4/c1-2-41-45-38-19-11-12-20-39(38)47(41)36-27-25-31(26-28-36)30-21-23-33(24-22-30)42-43(34-15-7-4-8-16-34)46-48-40(32-13-5-3-6-14-32)29-35-17-9-10-18-37(35)44(42)48/h3-29H,2H2,1H3. The summed E-state index contributed by atoms with van der Waals surface area (Å²) in [7, 11) is 0. The molecule has 0 bridgehead atoms. The highest BCUT2D eigenvalue weighted by molar-refractivity contribution is 6.08. The van der Waals surface area contributed by atoms with Gasteiger partial charge in [0.15, 0.2) is 0 Å². The molecule has 228 valence electrons. The van der Waals surface area contributed by atoms with E-state index in [1.807, 2.05) is 6.07 Å². The number of aromatic nitrogens is 4. The number of nitrogens with zero attached hydrogens (tertiary/aromatic N) is 4. The largest absolute Gasteiger partial charge is 0.296 e. The van der Waals surface area contributed by atoms with Crippen LogP contribution >= 0.6 is 0 Å². The molecule has 0 unspecified atom stereocenters. The molecule has 0 saturated carbocycles. The smallest absolute Gasteiger partial charge is 0.114 e. The van der Waals surface area contributed by atoms with Crippen LogP contribution in [0.25, 0.3) is 77.8 Å². The van der Waals surface area contributed by atoms with Gasteiger partial charge in [-0.15, -0.1) is 0 Å². The second-order valence-electron chi connectivity index (χ2n) is 12.2. The molecule has 3 heterocycles. The molecule has 0 aliphatic carbocycles. The van der Waals surface area contributed by atoms with Gasteiger partial charge >= 0.3 is 0 Å². The number of pyridine rings is 1. The van der Waals surface area contributed by atoms with Gasteiger partial charge in [-0.05, 0) is 52.4 Å². The van der Waals surface area contributed by atoms with Crippen molar-refractivity contribution in [2.24, 2.45) is 0 Å². The van der Waals surface area contributed by atoms with E-state index in [9.17, 15) is 0 Å². The van der Waals surface area contributed by atoms with Crippen LogP contribution in [-0.4, -0.2) is 19.2 Å². The second kappa shape index (κ2) is 11.5. The molecule has 6 aromatic carbocycles. The molecular weight excluding hydrogens is 585 g/mol. The van der Waals surface area contributed by atoms with Gasteiger partial charge in [0.2, 0.25) is 0 Å². The second-order valence-corrected chi connectivity index (χ2v) is 12.2. The first kappa shape index (κ1) is 28.0. The van der Waals surface area contributed by atoms with E-state index in [0.717, 1.165) is 68.1 Å². The van der Waals surface area contributed by atoms with Gasteiger partial charge in [0, 0.05) is 34.2 Å². The fraction of sp³-hybridized carbons (Fsp3) is 0.0455. The molecule has 0 amide bonds. The van der Waals surface area contributed by atoms with Gasteiger partial charge in [-0.2, -0.15) is 5.10 Å². The quantitative estimate of drug-likeness (QED) is 0.186. The Balaban J connectivity index is 1.18. The zero-order valence-electron chi connectivity index (χ0n) is 26.6. The molecule has 48 heavy (non-hydrogen) atoms. The first-order chi connectivity index (χ1) is 23.8. The first-order valence-electron chi connectivity index (χ1n) is 16.5. The maximum absolute atomic E-state index is 5.35. The van der Waals surface area contributed by atoms with Crippen LogP contribution < -0.4 is 0 Å². The first-order valence-corrected chi connectivity index (χ1v) is 16.5. The van der Waals surface area contributed by atoms with E-state index in [1.165, 1.54) is 21.9 Å². The number of aryl methyl sites for hydroxylation is 1. The van der Waals surface area contributed by atoms with Crippen molar-refractivity contribution in [2.45, 2.75) is 13.3 Å². The highest BCUT2D eigenvalue weighted by Crippen LogP contribution is 2.41. The maximum Gasteiger partial charge on any atom is 0.114 e. The molecule has 0 saturated heterocycles. The third kappa shape index (κ3) is 4.61. The van der Waals surface area contributed by atoms with E-state index < -0.39 is 0 Å². The normalized spacial score (nSPS) is 11.5. The molecule has 0 aliphatic heterocycles. The van der Waals surface area contributed by atoms with Crippen molar-refractivity contribution in [1.29, 1.82) is 0 Å². The van der Waals surface area contributed by atoms with Crippen LogP contribution in [0.3, 0.4) is 0 Å². The molecule has 4 nitrogen and oxygen atoms in total. The average molecular weight is 617 g/mol. The van der Waals surface area contributed by atoms with Crippen LogP contribution in [0.5, 0.6) is 0 Å². The molecule has 0 fully saturated rings. The molecule has 0 aliphatic rings. The fourth-order valence-electron chi connectivity index (χ4n) is 7.01. The summed E-state index contributed by atoms with van der Waals surface area (Å²) in [5.74, 6) is 1.07. The van der Waals surface area contributed by atoms with E-state index in [-0.39, 0.29) is 0 Å². The Labute approximate surface area is 279 Å². The van der Waals surface area contributed by atoms with E-state index in [1.54, 1.807) is 0 Å². The number of benzene rings is 6. The van der Waals surface area contributed by atoms with Crippen molar-refractivity contribution in [2.75, 3.05) is 0 Å². The summed E-state index contributed by atoms with van der Waals surface area (Å²) in [6.45, 7) is 2.16. The third-order valence-corrected chi connectivity index (χ3v) is 9.32. The van der Waals surface area contributed by atoms with Gasteiger partial charge in [-0.1, -0.05) is 140 Å². The highest BCUT2D eigenvalue weighted by Gasteiger charge is 2.21. The van der Waals surface area contributed by atoms with Crippen LogP contribution in [-0.2, 0) is 6.42 Å². The van der Waals surface area contributed by atoms with Crippen molar-refractivity contribution in [3.05, 3.63) is 170 Å². The third-order valence-electron chi connectivity index (χ3n) is 9.32. The lowest BCUT2D eigenvalue weighted by molar-refractivity contribution is 0.908. The van der Waals surface area contributed by atoms with Gasteiger partial charge in [-0.25, -0.2) is 9.50 Å². The summed E-state index contributed by atoms with van der Waals surface area (Å²) in [5, 5.41) is 7.72. The number of fused-ring (bicyclic) bond motifs is 4. The summed E-state index contributed by atoms with van der Waals surface area (Å²) in [4.78, 5) is 4.87. The number of para-hydroxylation sites is 2. The molecular formula is C44H32N4. The van der Waals surface area contributed by atoms with E-state index in [4.69, 9.17) is 10.1 Å². The van der Waals surface area contributed by atoms with Gasteiger partial charge < -0.3 is 0 Å². The Kier molecular flexibility index (Phi) is 6.72. The molecule has 3 aromatic heterocycles. The van der Waals surface area contributed by atoms with Crippen molar-refractivity contribution in [3.63, 3.8) is 0 Å². The molecule has 0 N–H and O–H groups in total. The summed E-state index contributed by atoms with van der Waals surface area (Å²) in [6.07, 6.45) is 0.870. The van der Waals surface area contributed by atoms with E-state index >= 15 is 0 Å². The summed E-state index contributed by atoms with van der Waals surface area (Å²) in [6, 6.07) is 58.1. The minimum atomic E-state index is 0.870. The topological polar surface area (TPSA) is 35.1 Å². The number of hydrogen-bond donors (Lipinski definition) is 0. The number of hydrogen-bond acceptors (Lipinski definition) is 2. The van der Waals surface area contributed by atoms with E-state index in [0.29, 0.717) is 0 Å². The van der Waals surface area contributed by atoms with Crippen LogP contribution in [0.15, 0.2) is 164 Å². The lowest BCUT2D eigenvalue weighted by Crippen LogP contribution is -1.99. The Bertz CT molecular complexity index is 2560. The predicted octanol–water partition coefficient (Wildman–Crippen LogP) is 11.1. The van der Waals surface area contributed by atoms with Crippen LogP contribution in [0.1, 0.15) is 12.7 Å². The van der Waals surface area contributed by atoms with Crippen LogP contribution in [0.4, 0.5) is 0 Å². The van der Waals surface area contributed by atoms with Crippen molar-refractivity contribution < 1.29 is 0 Å². The lowest BCUT2D eigenvalue weighted by Gasteiger charge is -2.11. The fourth-order valence-corrected chi connectivity index (χ4v) is 7.01. The minimum absolute atomic E-state index is 0.870. The van der Waals surface area contributed by atoms with Crippen molar-refractivity contribution >= 4 is 27.3 Å². The molecule has 0 spiro atoms. The zero-order valence-corrected chi connectivity index (χ0v) is 26.6. The van der Waals surface area contributed by atoms with E-state index in [2.05, 4.69) is 174 Å². The summed E-state index contributed by atoms with van der Waals surface area (Å²) in [5.41, 5.74) is 13.3. The molecule has 4 heteroatoms. The maximum atomic E-state index is 5.35. The van der Waals surface area contributed by atoms with Crippen LogP contribution in [0.2, 0.25) is 0 Å². The van der Waals surface area contributed by atoms with Crippen LogP contribution in [0, 0.1) is 0 Å². The Morgan fingerprint density at radius 2 is 1.15 bits per heavy atom. The highest BCUT2D eigenvalue weighted by atomic mass is 15.2.